The lowest BCUT2D eigenvalue weighted by molar-refractivity contribution is 0.413. The van der Waals surface area contributed by atoms with Gasteiger partial charge in [-0.15, -0.1) is 0 Å². The number of halogens is 1. The van der Waals surface area contributed by atoms with Crippen LogP contribution in [0.15, 0.2) is 42.7 Å². The molecular weight excluding hydrogens is 219 g/mol. The standard InChI is InChI=1S/C13H13FN2O/c1-17-13-8-11(14)2-3-12(13)16-9-10-4-6-15-7-5-10/h2-8,16H,9H2,1H3. The molecule has 0 unspecified atom stereocenters. The van der Waals surface area contributed by atoms with Gasteiger partial charge in [-0.2, -0.15) is 0 Å². The molecule has 1 N–H and O–H groups in total. The van der Waals surface area contributed by atoms with Crippen LogP contribution in [0.25, 0.3) is 0 Å². The Morgan fingerprint density at radius 2 is 2.00 bits per heavy atom. The fraction of sp³-hybridized carbons (Fsp3) is 0.154. The second kappa shape index (κ2) is 5.30. The Kier molecular flexibility index (Phi) is 3.55. The van der Waals surface area contributed by atoms with E-state index in [2.05, 4.69) is 10.3 Å². The molecule has 0 atom stereocenters. The number of ether oxygens (including phenoxy) is 1. The molecule has 0 saturated carbocycles. The van der Waals surface area contributed by atoms with Crippen molar-refractivity contribution in [3.8, 4) is 5.75 Å². The molecule has 88 valence electrons. The SMILES string of the molecule is COc1cc(F)ccc1NCc1ccncc1. The van der Waals surface area contributed by atoms with Gasteiger partial charge in [-0.25, -0.2) is 4.39 Å². The minimum absolute atomic E-state index is 0.309. The van der Waals surface area contributed by atoms with Gasteiger partial charge in [0.15, 0.2) is 0 Å². The average Bonchev–Trinajstić information content (AvgIpc) is 2.38. The molecule has 0 aliphatic rings. The van der Waals surface area contributed by atoms with Gasteiger partial charge in [-0.1, -0.05) is 0 Å². The van der Waals surface area contributed by atoms with Crippen LogP contribution in [0.3, 0.4) is 0 Å². The smallest absolute Gasteiger partial charge is 0.144 e. The molecule has 2 aromatic rings. The lowest BCUT2D eigenvalue weighted by Gasteiger charge is -2.11. The van der Waals surface area contributed by atoms with Crippen LogP contribution in [-0.4, -0.2) is 12.1 Å². The quantitative estimate of drug-likeness (QED) is 0.880. The molecule has 0 saturated heterocycles. The van der Waals surface area contributed by atoms with Crippen LogP contribution < -0.4 is 10.1 Å². The summed E-state index contributed by atoms with van der Waals surface area (Å²) >= 11 is 0. The highest BCUT2D eigenvalue weighted by atomic mass is 19.1. The molecule has 3 nitrogen and oxygen atoms in total. The first-order chi connectivity index (χ1) is 8.29. The highest BCUT2D eigenvalue weighted by Crippen LogP contribution is 2.25. The lowest BCUT2D eigenvalue weighted by atomic mass is 10.2. The number of rotatable bonds is 4. The van der Waals surface area contributed by atoms with Crippen LogP contribution in [0.4, 0.5) is 10.1 Å². The maximum absolute atomic E-state index is 13.0. The van der Waals surface area contributed by atoms with Crippen molar-refractivity contribution in [2.24, 2.45) is 0 Å². The minimum atomic E-state index is -0.309. The third-order valence-electron chi connectivity index (χ3n) is 2.40. The summed E-state index contributed by atoms with van der Waals surface area (Å²) < 4.78 is 18.1. The Bertz CT molecular complexity index is 488. The lowest BCUT2D eigenvalue weighted by Crippen LogP contribution is -2.01. The zero-order valence-electron chi connectivity index (χ0n) is 9.48. The highest BCUT2D eigenvalue weighted by molar-refractivity contribution is 5.56. The molecule has 1 aromatic heterocycles. The summed E-state index contributed by atoms with van der Waals surface area (Å²) in [4.78, 5) is 3.94. The Morgan fingerprint density at radius 1 is 1.24 bits per heavy atom. The Hall–Kier alpha value is -2.10. The first kappa shape index (κ1) is 11.4. The summed E-state index contributed by atoms with van der Waals surface area (Å²) in [6, 6.07) is 8.26. The molecule has 1 aromatic carbocycles. The van der Waals surface area contributed by atoms with Gasteiger partial charge in [0, 0.05) is 25.0 Å². The maximum atomic E-state index is 13.0. The molecule has 0 aliphatic heterocycles. The van der Waals surface area contributed by atoms with Crippen molar-refractivity contribution in [2.75, 3.05) is 12.4 Å². The Morgan fingerprint density at radius 3 is 2.71 bits per heavy atom. The van der Waals surface area contributed by atoms with Gasteiger partial charge in [0.1, 0.15) is 11.6 Å². The maximum Gasteiger partial charge on any atom is 0.144 e. The zero-order valence-corrected chi connectivity index (χ0v) is 9.48. The average molecular weight is 232 g/mol. The van der Waals surface area contributed by atoms with Gasteiger partial charge in [-0.05, 0) is 29.8 Å². The largest absolute Gasteiger partial charge is 0.494 e. The van der Waals surface area contributed by atoms with Crippen molar-refractivity contribution < 1.29 is 9.13 Å². The predicted octanol–water partition coefficient (Wildman–Crippen LogP) is 2.84. The summed E-state index contributed by atoms with van der Waals surface area (Å²) in [6.07, 6.45) is 3.47. The van der Waals surface area contributed by atoms with Gasteiger partial charge in [0.2, 0.25) is 0 Å². The van der Waals surface area contributed by atoms with Crippen LogP contribution in [0, 0.1) is 5.82 Å². The molecule has 0 bridgehead atoms. The third-order valence-corrected chi connectivity index (χ3v) is 2.40. The van der Waals surface area contributed by atoms with Crippen molar-refractivity contribution in [1.29, 1.82) is 0 Å². The van der Waals surface area contributed by atoms with Crippen molar-refractivity contribution in [1.82, 2.24) is 4.98 Å². The molecule has 17 heavy (non-hydrogen) atoms. The van der Waals surface area contributed by atoms with E-state index in [0.717, 1.165) is 11.3 Å². The molecule has 0 amide bonds. The molecule has 4 heteroatoms. The number of hydrogen-bond acceptors (Lipinski definition) is 3. The van der Waals surface area contributed by atoms with Crippen LogP contribution >= 0.6 is 0 Å². The fourth-order valence-corrected chi connectivity index (χ4v) is 1.51. The number of aromatic nitrogens is 1. The Labute approximate surface area is 99.3 Å². The number of benzene rings is 1. The summed E-state index contributed by atoms with van der Waals surface area (Å²) in [7, 11) is 1.52. The normalized spacial score (nSPS) is 10.0. The summed E-state index contributed by atoms with van der Waals surface area (Å²) in [6.45, 7) is 0.643. The van der Waals surface area contributed by atoms with E-state index >= 15 is 0 Å². The van der Waals surface area contributed by atoms with Gasteiger partial charge < -0.3 is 10.1 Å². The fourth-order valence-electron chi connectivity index (χ4n) is 1.51. The number of anilines is 1. The van der Waals surface area contributed by atoms with E-state index in [0.29, 0.717) is 12.3 Å². The van der Waals surface area contributed by atoms with E-state index in [1.54, 1.807) is 18.5 Å². The topological polar surface area (TPSA) is 34.1 Å². The minimum Gasteiger partial charge on any atom is -0.494 e. The summed E-state index contributed by atoms with van der Waals surface area (Å²) in [5, 5.41) is 3.19. The van der Waals surface area contributed by atoms with Crippen LogP contribution in [0.1, 0.15) is 5.56 Å². The summed E-state index contributed by atoms with van der Waals surface area (Å²) in [5.41, 5.74) is 1.87. The molecule has 0 radical (unpaired) electrons. The molecule has 1 heterocycles. The number of pyridine rings is 1. The van der Waals surface area contributed by atoms with E-state index in [-0.39, 0.29) is 5.82 Å². The first-order valence-electron chi connectivity index (χ1n) is 5.26. The van der Waals surface area contributed by atoms with Crippen LogP contribution in [0.2, 0.25) is 0 Å². The number of hydrogen-bond donors (Lipinski definition) is 1. The molecular formula is C13H13FN2O. The highest BCUT2D eigenvalue weighted by Gasteiger charge is 2.03. The molecule has 2 rings (SSSR count). The molecule has 0 fully saturated rings. The molecule has 0 spiro atoms. The van der Waals surface area contributed by atoms with Gasteiger partial charge >= 0.3 is 0 Å². The Balaban J connectivity index is 2.09. The van der Waals surface area contributed by atoms with E-state index in [1.165, 1.54) is 19.2 Å². The first-order valence-corrected chi connectivity index (χ1v) is 5.26. The number of methoxy groups -OCH3 is 1. The predicted molar refractivity (Wildman–Crippen MR) is 64.5 cm³/mol. The zero-order chi connectivity index (χ0) is 12.1. The number of nitrogens with zero attached hydrogens (tertiary/aromatic N) is 1. The second-order valence-corrected chi connectivity index (χ2v) is 3.55. The second-order valence-electron chi connectivity index (χ2n) is 3.55. The summed E-state index contributed by atoms with van der Waals surface area (Å²) in [5.74, 6) is 0.190. The third kappa shape index (κ3) is 2.93. The monoisotopic (exact) mass is 232 g/mol. The van der Waals surface area contributed by atoms with Crippen LogP contribution in [-0.2, 0) is 6.54 Å². The van der Waals surface area contributed by atoms with E-state index in [1.807, 2.05) is 12.1 Å². The van der Waals surface area contributed by atoms with Gasteiger partial charge in [0.05, 0.1) is 12.8 Å². The van der Waals surface area contributed by atoms with E-state index in [4.69, 9.17) is 4.74 Å². The van der Waals surface area contributed by atoms with Crippen molar-refractivity contribution in [3.05, 3.63) is 54.1 Å². The van der Waals surface area contributed by atoms with E-state index < -0.39 is 0 Å². The van der Waals surface area contributed by atoms with Crippen molar-refractivity contribution >= 4 is 5.69 Å². The van der Waals surface area contributed by atoms with Crippen LogP contribution in [0.5, 0.6) is 5.75 Å². The molecule has 0 aliphatic carbocycles. The van der Waals surface area contributed by atoms with E-state index in [9.17, 15) is 4.39 Å². The van der Waals surface area contributed by atoms with Crippen molar-refractivity contribution in [3.63, 3.8) is 0 Å². The van der Waals surface area contributed by atoms with Crippen molar-refractivity contribution in [2.45, 2.75) is 6.54 Å². The van der Waals surface area contributed by atoms with Gasteiger partial charge in [-0.3, -0.25) is 4.98 Å². The number of nitrogens with one attached hydrogen (secondary N) is 1. The van der Waals surface area contributed by atoms with Gasteiger partial charge in [0.25, 0.3) is 0 Å².